The lowest BCUT2D eigenvalue weighted by Crippen LogP contribution is -2.26. The van der Waals surface area contributed by atoms with Gasteiger partial charge in [0.1, 0.15) is 0 Å². The van der Waals surface area contributed by atoms with Gasteiger partial charge in [-0.25, -0.2) is 0 Å². The summed E-state index contributed by atoms with van der Waals surface area (Å²) in [6.45, 7) is 3.46. The minimum Gasteiger partial charge on any atom is -0.385 e. The fourth-order valence-corrected chi connectivity index (χ4v) is 2.33. The molecule has 1 amide bonds. The van der Waals surface area contributed by atoms with Crippen LogP contribution in [0.5, 0.6) is 0 Å². The second-order valence-electron chi connectivity index (χ2n) is 5.49. The van der Waals surface area contributed by atoms with Crippen molar-refractivity contribution in [1.82, 2.24) is 5.32 Å². The molecule has 0 aromatic heterocycles. The van der Waals surface area contributed by atoms with E-state index < -0.39 is 0 Å². The number of benzene rings is 2. The second-order valence-corrected chi connectivity index (χ2v) is 5.49. The van der Waals surface area contributed by atoms with E-state index in [0.717, 1.165) is 25.1 Å². The molecule has 0 radical (unpaired) electrons. The molecule has 0 aliphatic carbocycles. The average Bonchev–Trinajstić information content (AvgIpc) is 2.53. The predicted molar refractivity (Wildman–Crippen MR) is 92.1 cm³/mol. The monoisotopic (exact) mass is 296 g/mol. The first kappa shape index (κ1) is 16.1. The summed E-state index contributed by atoms with van der Waals surface area (Å²) in [5, 5.41) is 6.24. The molecule has 0 unspecified atom stereocenters. The van der Waals surface area contributed by atoms with E-state index >= 15 is 0 Å². The van der Waals surface area contributed by atoms with E-state index in [9.17, 15) is 4.79 Å². The number of carbonyl (C=O) groups is 1. The highest BCUT2D eigenvalue weighted by atomic mass is 16.1. The van der Waals surface area contributed by atoms with Crippen LogP contribution in [0.2, 0.25) is 0 Å². The van der Waals surface area contributed by atoms with E-state index in [1.165, 1.54) is 11.1 Å². The normalized spacial score (nSPS) is 10.2. The van der Waals surface area contributed by atoms with Crippen molar-refractivity contribution < 1.29 is 4.79 Å². The molecule has 0 aliphatic rings. The summed E-state index contributed by atoms with van der Waals surface area (Å²) in [5.74, 6) is 0.105. The van der Waals surface area contributed by atoms with Crippen molar-refractivity contribution in [2.45, 2.75) is 26.2 Å². The Balaban J connectivity index is 1.56. The SMILES string of the molecule is Cc1cccc(NCCC(=O)NCCCc2ccccc2)c1. The molecule has 0 heterocycles. The lowest BCUT2D eigenvalue weighted by Gasteiger charge is -2.08. The summed E-state index contributed by atoms with van der Waals surface area (Å²) in [6, 6.07) is 18.5. The van der Waals surface area contributed by atoms with Crippen molar-refractivity contribution in [3.63, 3.8) is 0 Å². The van der Waals surface area contributed by atoms with E-state index in [4.69, 9.17) is 0 Å². The van der Waals surface area contributed by atoms with Crippen LogP contribution >= 0.6 is 0 Å². The molecule has 2 aromatic rings. The van der Waals surface area contributed by atoms with Gasteiger partial charge in [-0.3, -0.25) is 4.79 Å². The Labute approximate surface area is 132 Å². The second kappa shape index (κ2) is 8.88. The standard InChI is InChI=1S/C19H24N2O/c1-16-7-5-11-18(15-16)20-14-12-19(22)21-13-6-10-17-8-3-2-4-9-17/h2-5,7-9,11,15,20H,6,10,12-14H2,1H3,(H,21,22). The van der Waals surface area contributed by atoms with Crippen molar-refractivity contribution in [3.8, 4) is 0 Å². The maximum Gasteiger partial charge on any atom is 0.221 e. The van der Waals surface area contributed by atoms with Crippen LogP contribution < -0.4 is 10.6 Å². The molecule has 2 rings (SSSR count). The number of rotatable bonds is 8. The fraction of sp³-hybridized carbons (Fsp3) is 0.316. The van der Waals surface area contributed by atoms with Crippen LogP contribution in [0.25, 0.3) is 0 Å². The molecular weight excluding hydrogens is 272 g/mol. The smallest absolute Gasteiger partial charge is 0.221 e. The number of anilines is 1. The van der Waals surface area contributed by atoms with Crippen molar-refractivity contribution in [3.05, 3.63) is 65.7 Å². The highest BCUT2D eigenvalue weighted by Gasteiger charge is 2.01. The minimum atomic E-state index is 0.105. The molecule has 22 heavy (non-hydrogen) atoms. The molecule has 0 bridgehead atoms. The Kier molecular flexibility index (Phi) is 6.49. The van der Waals surface area contributed by atoms with Gasteiger partial charge in [0.2, 0.25) is 5.91 Å². The van der Waals surface area contributed by atoms with E-state index in [1.807, 2.05) is 30.3 Å². The van der Waals surface area contributed by atoms with Crippen LogP contribution in [0.1, 0.15) is 24.0 Å². The molecule has 2 N–H and O–H groups in total. The Morgan fingerprint density at radius 1 is 1.00 bits per heavy atom. The number of hydrogen-bond acceptors (Lipinski definition) is 2. The van der Waals surface area contributed by atoms with Gasteiger partial charge in [0.15, 0.2) is 0 Å². The van der Waals surface area contributed by atoms with Gasteiger partial charge < -0.3 is 10.6 Å². The summed E-state index contributed by atoms with van der Waals surface area (Å²) in [4.78, 5) is 11.8. The maximum absolute atomic E-state index is 11.8. The Bertz CT molecular complexity index is 581. The lowest BCUT2D eigenvalue weighted by atomic mass is 10.1. The third kappa shape index (κ3) is 6.00. The lowest BCUT2D eigenvalue weighted by molar-refractivity contribution is -0.120. The number of aryl methyl sites for hydroxylation is 2. The topological polar surface area (TPSA) is 41.1 Å². The van der Waals surface area contributed by atoms with Crippen LogP contribution in [0, 0.1) is 6.92 Å². The Morgan fingerprint density at radius 3 is 2.59 bits per heavy atom. The maximum atomic E-state index is 11.8. The molecule has 3 nitrogen and oxygen atoms in total. The highest BCUT2D eigenvalue weighted by molar-refractivity contribution is 5.76. The van der Waals surface area contributed by atoms with Crippen molar-refractivity contribution in [1.29, 1.82) is 0 Å². The molecule has 0 saturated carbocycles. The molecule has 0 aliphatic heterocycles. The molecule has 3 heteroatoms. The molecule has 2 aromatic carbocycles. The third-order valence-corrected chi connectivity index (χ3v) is 3.51. The zero-order chi connectivity index (χ0) is 15.6. The molecule has 0 atom stereocenters. The van der Waals surface area contributed by atoms with E-state index in [1.54, 1.807) is 0 Å². The van der Waals surface area contributed by atoms with Gasteiger partial charge in [-0.15, -0.1) is 0 Å². The summed E-state index contributed by atoms with van der Waals surface area (Å²) < 4.78 is 0. The summed E-state index contributed by atoms with van der Waals surface area (Å²) in [7, 11) is 0. The molecule has 116 valence electrons. The van der Waals surface area contributed by atoms with Gasteiger partial charge in [-0.05, 0) is 43.0 Å². The average molecular weight is 296 g/mol. The number of carbonyl (C=O) groups excluding carboxylic acids is 1. The Morgan fingerprint density at radius 2 is 1.82 bits per heavy atom. The van der Waals surface area contributed by atoms with Crippen molar-refractivity contribution >= 4 is 11.6 Å². The fourth-order valence-electron chi connectivity index (χ4n) is 2.33. The highest BCUT2D eigenvalue weighted by Crippen LogP contribution is 2.09. The Hall–Kier alpha value is -2.29. The van der Waals surface area contributed by atoms with Gasteiger partial charge in [0, 0.05) is 25.2 Å². The number of nitrogens with one attached hydrogen (secondary N) is 2. The molecule has 0 spiro atoms. The summed E-state index contributed by atoms with van der Waals surface area (Å²) >= 11 is 0. The zero-order valence-corrected chi connectivity index (χ0v) is 13.1. The number of amides is 1. The van der Waals surface area contributed by atoms with Gasteiger partial charge >= 0.3 is 0 Å². The van der Waals surface area contributed by atoms with Gasteiger partial charge in [0.25, 0.3) is 0 Å². The molecule has 0 saturated heterocycles. The van der Waals surface area contributed by atoms with E-state index in [0.29, 0.717) is 13.0 Å². The van der Waals surface area contributed by atoms with Crippen LogP contribution in [-0.4, -0.2) is 19.0 Å². The van der Waals surface area contributed by atoms with Gasteiger partial charge in [0.05, 0.1) is 0 Å². The summed E-state index contributed by atoms with van der Waals surface area (Å²) in [6.07, 6.45) is 2.48. The first-order chi connectivity index (χ1) is 10.7. The zero-order valence-electron chi connectivity index (χ0n) is 13.1. The van der Waals surface area contributed by atoms with Gasteiger partial charge in [-0.1, -0.05) is 42.5 Å². The largest absolute Gasteiger partial charge is 0.385 e. The van der Waals surface area contributed by atoms with Crippen molar-refractivity contribution in [2.24, 2.45) is 0 Å². The molecule has 0 fully saturated rings. The van der Waals surface area contributed by atoms with Crippen LogP contribution in [-0.2, 0) is 11.2 Å². The van der Waals surface area contributed by atoms with E-state index in [2.05, 4.69) is 41.8 Å². The first-order valence-corrected chi connectivity index (χ1v) is 7.85. The quantitative estimate of drug-likeness (QED) is 0.732. The number of hydrogen-bond donors (Lipinski definition) is 2. The minimum absolute atomic E-state index is 0.105. The summed E-state index contributed by atoms with van der Waals surface area (Å²) in [5.41, 5.74) is 3.60. The molecular formula is C19H24N2O. The first-order valence-electron chi connectivity index (χ1n) is 7.85. The van der Waals surface area contributed by atoms with Crippen LogP contribution in [0.3, 0.4) is 0 Å². The van der Waals surface area contributed by atoms with Crippen LogP contribution in [0.15, 0.2) is 54.6 Å². The van der Waals surface area contributed by atoms with Crippen LogP contribution in [0.4, 0.5) is 5.69 Å². The van der Waals surface area contributed by atoms with Crippen molar-refractivity contribution in [2.75, 3.05) is 18.4 Å². The van der Waals surface area contributed by atoms with Gasteiger partial charge in [-0.2, -0.15) is 0 Å². The predicted octanol–water partition coefficient (Wildman–Crippen LogP) is 3.55. The third-order valence-electron chi connectivity index (χ3n) is 3.51. The van der Waals surface area contributed by atoms with E-state index in [-0.39, 0.29) is 5.91 Å².